The van der Waals surface area contributed by atoms with Crippen molar-refractivity contribution in [3.63, 3.8) is 0 Å². The molecule has 0 atom stereocenters. The van der Waals surface area contributed by atoms with E-state index in [0.717, 1.165) is 34.2 Å². The zero-order valence-corrected chi connectivity index (χ0v) is 16.6. The van der Waals surface area contributed by atoms with Crippen LogP contribution in [0.5, 0.6) is 5.75 Å². The van der Waals surface area contributed by atoms with Gasteiger partial charge < -0.3 is 14.5 Å². The second-order valence-corrected chi connectivity index (χ2v) is 7.71. The van der Waals surface area contributed by atoms with Crippen LogP contribution in [0.1, 0.15) is 17.3 Å². The molecule has 5 nitrogen and oxygen atoms in total. The minimum atomic E-state index is -0.0109. The zero-order chi connectivity index (χ0) is 18.8. The predicted molar refractivity (Wildman–Crippen MR) is 110 cm³/mol. The van der Waals surface area contributed by atoms with Gasteiger partial charge in [0.25, 0.3) is 5.91 Å². The SMILES string of the molecule is CCOc1cccc2sc(N3CCN(C(=O)c4ccccc4Cl)CC3)nc12. The van der Waals surface area contributed by atoms with E-state index in [0.29, 0.717) is 30.3 Å². The first-order valence-corrected chi connectivity index (χ1v) is 10.2. The molecule has 3 aromatic rings. The third kappa shape index (κ3) is 3.59. The van der Waals surface area contributed by atoms with Crippen LogP contribution in [0.4, 0.5) is 5.13 Å². The third-order valence-electron chi connectivity index (χ3n) is 4.61. The standard InChI is InChI=1S/C20H20ClN3O2S/c1-2-26-16-8-5-9-17-18(16)22-20(27-17)24-12-10-23(11-13-24)19(25)14-6-3-4-7-15(14)21/h3-9H,2,10-13H2,1H3. The highest BCUT2D eigenvalue weighted by molar-refractivity contribution is 7.22. The lowest BCUT2D eigenvalue weighted by Crippen LogP contribution is -2.48. The molecular weight excluding hydrogens is 382 g/mol. The predicted octanol–water partition coefficient (Wildman–Crippen LogP) is 4.31. The second kappa shape index (κ2) is 7.74. The molecule has 1 aliphatic rings. The number of nitrogens with zero attached hydrogens (tertiary/aromatic N) is 3. The molecule has 1 amide bonds. The summed E-state index contributed by atoms with van der Waals surface area (Å²) < 4.78 is 6.80. The van der Waals surface area contributed by atoms with Gasteiger partial charge >= 0.3 is 0 Å². The molecule has 1 saturated heterocycles. The van der Waals surface area contributed by atoms with Gasteiger partial charge in [0, 0.05) is 26.2 Å². The molecular formula is C20H20ClN3O2S. The molecule has 0 saturated carbocycles. The highest BCUT2D eigenvalue weighted by atomic mass is 35.5. The highest BCUT2D eigenvalue weighted by Crippen LogP contribution is 2.34. The Labute approximate surface area is 167 Å². The molecule has 1 fully saturated rings. The maximum absolute atomic E-state index is 12.7. The Kier molecular flexibility index (Phi) is 5.18. The average molecular weight is 402 g/mol. The number of amides is 1. The summed E-state index contributed by atoms with van der Waals surface area (Å²) in [6.07, 6.45) is 0. The van der Waals surface area contributed by atoms with E-state index in [1.54, 1.807) is 23.5 Å². The molecule has 0 bridgehead atoms. The van der Waals surface area contributed by atoms with Gasteiger partial charge in [0.15, 0.2) is 5.13 Å². The first-order chi connectivity index (χ1) is 13.2. The number of benzene rings is 2. The quantitative estimate of drug-likeness (QED) is 0.653. The van der Waals surface area contributed by atoms with Crippen molar-refractivity contribution in [2.24, 2.45) is 0 Å². The first-order valence-electron chi connectivity index (χ1n) is 8.98. The van der Waals surface area contributed by atoms with Crippen LogP contribution in [0.3, 0.4) is 0 Å². The number of thiazole rings is 1. The molecule has 0 unspecified atom stereocenters. The van der Waals surface area contributed by atoms with Gasteiger partial charge in [-0.2, -0.15) is 0 Å². The summed E-state index contributed by atoms with van der Waals surface area (Å²) in [6, 6.07) is 13.2. The fourth-order valence-electron chi connectivity index (χ4n) is 3.22. The Hall–Kier alpha value is -2.31. The molecule has 0 radical (unpaired) electrons. The van der Waals surface area contributed by atoms with Gasteiger partial charge in [-0.3, -0.25) is 4.79 Å². The number of carbonyl (C=O) groups excluding carboxylic acids is 1. The monoisotopic (exact) mass is 401 g/mol. The normalized spacial score (nSPS) is 14.6. The van der Waals surface area contributed by atoms with E-state index in [4.69, 9.17) is 21.3 Å². The number of carbonyl (C=O) groups is 1. The number of para-hydroxylation sites is 1. The molecule has 140 valence electrons. The molecule has 2 heterocycles. The van der Waals surface area contributed by atoms with Crippen LogP contribution in [0.25, 0.3) is 10.2 Å². The summed E-state index contributed by atoms with van der Waals surface area (Å²) >= 11 is 7.83. The Balaban J connectivity index is 1.48. The maximum Gasteiger partial charge on any atom is 0.255 e. The Morgan fingerprint density at radius 2 is 1.93 bits per heavy atom. The van der Waals surface area contributed by atoms with E-state index in [1.807, 2.05) is 36.1 Å². The lowest BCUT2D eigenvalue weighted by Gasteiger charge is -2.34. The second-order valence-electron chi connectivity index (χ2n) is 6.29. The van der Waals surface area contributed by atoms with Gasteiger partial charge in [0.1, 0.15) is 11.3 Å². The van der Waals surface area contributed by atoms with Crippen LogP contribution < -0.4 is 9.64 Å². The van der Waals surface area contributed by atoms with E-state index in [1.165, 1.54) is 0 Å². The molecule has 0 N–H and O–H groups in total. The van der Waals surface area contributed by atoms with E-state index in [9.17, 15) is 4.79 Å². The Bertz CT molecular complexity index is 967. The van der Waals surface area contributed by atoms with Crippen LogP contribution in [-0.4, -0.2) is 48.6 Å². The van der Waals surface area contributed by atoms with E-state index in [-0.39, 0.29) is 5.91 Å². The summed E-state index contributed by atoms with van der Waals surface area (Å²) in [5.74, 6) is 0.813. The number of piperazine rings is 1. The van der Waals surface area contributed by atoms with Gasteiger partial charge in [-0.25, -0.2) is 4.98 Å². The van der Waals surface area contributed by atoms with Crippen molar-refractivity contribution in [1.82, 2.24) is 9.88 Å². The minimum absolute atomic E-state index is 0.0109. The van der Waals surface area contributed by atoms with Gasteiger partial charge in [-0.05, 0) is 31.2 Å². The molecule has 1 aliphatic heterocycles. The Morgan fingerprint density at radius 1 is 1.15 bits per heavy atom. The summed E-state index contributed by atoms with van der Waals surface area (Å²) in [5, 5.41) is 1.47. The van der Waals surface area contributed by atoms with Crippen molar-refractivity contribution in [3.05, 3.63) is 53.1 Å². The van der Waals surface area contributed by atoms with Crippen molar-refractivity contribution < 1.29 is 9.53 Å². The van der Waals surface area contributed by atoms with E-state index < -0.39 is 0 Å². The number of ether oxygens (including phenoxy) is 1. The van der Waals surface area contributed by atoms with Crippen LogP contribution in [0.2, 0.25) is 5.02 Å². The molecule has 4 rings (SSSR count). The number of aromatic nitrogens is 1. The molecule has 7 heteroatoms. The van der Waals surface area contributed by atoms with Crippen LogP contribution in [0, 0.1) is 0 Å². The highest BCUT2D eigenvalue weighted by Gasteiger charge is 2.25. The maximum atomic E-state index is 12.7. The van der Waals surface area contributed by atoms with Crippen molar-refractivity contribution in [1.29, 1.82) is 0 Å². The molecule has 0 spiro atoms. The zero-order valence-electron chi connectivity index (χ0n) is 15.0. The lowest BCUT2D eigenvalue weighted by molar-refractivity contribution is 0.0747. The summed E-state index contributed by atoms with van der Waals surface area (Å²) in [7, 11) is 0. The van der Waals surface area contributed by atoms with Crippen molar-refractivity contribution >= 4 is 44.2 Å². The molecule has 2 aromatic carbocycles. The van der Waals surface area contributed by atoms with Crippen LogP contribution in [0.15, 0.2) is 42.5 Å². The minimum Gasteiger partial charge on any atom is -0.492 e. The molecule has 1 aromatic heterocycles. The number of fused-ring (bicyclic) bond motifs is 1. The van der Waals surface area contributed by atoms with Crippen molar-refractivity contribution in [3.8, 4) is 5.75 Å². The third-order valence-corrected chi connectivity index (χ3v) is 6.02. The van der Waals surface area contributed by atoms with Crippen LogP contribution >= 0.6 is 22.9 Å². The topological polar surface area (TPSA) is 45.7 Å². The summed E-state index contributed by atoms with van der Waals surface area (Å²) in [5.41, 5.74) is 1.47. The van der Waals surface area contributed by atoms with Gasteiger partial charge in [0.05, 0.1) is 21.9 Å². The fourth-order valence-corrected chi connectivity index (χ4v) is 4.48. The van der Waals surface area contributed by atoms with Crippen LogP contribution in [-0.2, 0) is 0 Å². The molecule has 0 aliphatic carbocycles. The van der Waals surface area contributed by atoms with Gasteiger partial charge in [-0.1, -0.05) is 41.1 Å². The lowest BCUT2D eigenvalue weighted by atomic mass is 10.2. The van der Waals surface area contributed by atoms with Crippen molar-refractivity contribution in [2.75, 3.05) is 37.7 Å². The number of halogens is 1. The first kappa shape index (κ1) is 18.1. The number of anilines is 1. The van der Waals surface area contributed by atoms with Crippen molar-refractivity contribution in [2.45, 2.75) is 6.92 Å². The Morgan fingerprint density at radius 3 is 2.67 bits per heavy atom. The number of rotatable bonds is 4. The van der Waals surface area contributed by atoms with Gasteiger partial charge in [0.2, 0.25) is 0 Å². The van der Waals surface area contributed by atoms with E-state index >= 15 is 0 Å². The smallest absolute Gasteiger partial charge is 0.255 e. The van der Waals surface area contributed by atoms with Gasteiger partial charge in [-0.15, -0.1) is 0 Å². The number of hydrogen-bond donors (Lipinski definition) is 0. The average Bonchev–Trinajstić information content (AvgIpc) is 3.14. The largest absolute Gasteiger partial charge is 0.492 e. The number of hydrogen-bond acceptors (Lipinski definition) is 5. The molecule has 27 heavy (non-hydrogen) atoms. The summed E-state index contributed by atoms with van der Waals surface area (Å²) in [6.45, 7) is 5.40. The summed E-state index contributed by atoms with van der Waals surface area (Å²) in [4.78, 5) is 21.6. The fraction of sp³-hybridized carbons (Fsp3) is 0.300. The van der Waals surface area contributed by atoms with E-state index in [2.05, 4.69) is 11.0 Å².